The fourth-order valence-corrected chi connectivity index (χ4v) is 4.61. The van der Waals surface area contributed by atoms with E-state index in [9.17, 15) is 32.0 Å². The van der Waals surface area contributed by atoms with Crippen molar-refractivity contribution in [2.24, 2.45) is 0 Å². The Kier molecular flexibility index (Phi) is 20.3. The van der Waals surface area contributed by atoms with Gasteiger partial charge in [0.2, 0.25) is 0 Å². The van der Waals surface area contributed by atoms with E-state index in [1.807, 2.05) is 0 Å². The van der Waals surface area contributed by atoms with Crippen LogP contribution in [0.5, 0.6) is 0 Å². The predicted octanol–water partition coefficient (Wildman–Crippen LogP) is -4.09. The van der Waals surface area contributed by atoms with Crippen molar-refractivity contribution in [2.75, 3.05) is 0 Å². The molecule has 0 aliphatic rings. The van der Waals surface area contributed by atoms with E-state index < -0.39 is 55.6 Å². The summed E-state index contributed by atoms with van der Waals surface area (Å²) in [6, 6.07) is 0. The van der Waals surface area contributed by atoms with Gasteiger partial charge >= 0.3 is 85.2 Å². The molecule has 2 atom stereocenters. The van der Waals surface area contributed by atoms with E-state index in [1.54, 1.807) is 0 Å². The van der Waals surface area contributed by atoms with Crippen LogP contribution in [0.25, 0.3) is 0 Å². The van der Waals surface area contributed by atoms with Crippen molar-refractivity contribution in [3.63, 3.8) is 0 Å². The molecular weight excluding hydrogens is 592 g/mol. The fourth-order valence-electron chi connectivity index (χ4n) is 0.482. The van der Waals surface area contributed by atoms with Crippen LogP contribution in [-0.2, 0) is 49.2 Å². The van der Waals surface area contributed by atoms with Crippen LogP contribution in [0.1, 0.15) is 1.43 Å². The molecule has 0 spiro atoms. The summed E-state index contributed by atoms with van der Waals surface area (Å²) in [5.41, 5.74) is 0. The molecule has 30 heteroatoms. The maximum atomic E-state index is 10.4. The van der Waals surface area contributed by atoms with Gasteiger partial charge in [0.05, 0.1) is 0 Å². The average Bonchev–Trinajstić information content (AvgIpc) is 2.13. The number of hydrogen-bond acceptors (Lipinski definition) is 11. The van der Waals surface area contributed by atoms with Crippen LogP contribution < -0.4 is 29.6 Å². The molecule has 0 amide bonds. The molecule has 0 heterocycles. The topological polar surface area (TPSA) is 379 Å². The van der Waals surface area contributed by atoms with Crippen molar-refractivity contribution < 1.29 is 134 Å². The Labute approximate surface area is 189 Å². The monoisotopic (exact) mass is 604 g/mol. The van der Waals surface area contributed by atoms with Gasteiger partial charge in [-0.25, -0.2) is 22.8 Å². The van der Waals surface area contributed by atoms with Crippen molar-refractivity contribution >= 4 is 55.6 Å². The first kappa shape index (κ1) is 39.0. The molecule has 22 nitrogen and oxygen atoms in total. The summed E-state index contributed by atoms with van der Waals surface area (Å²) in [4.78, 5) is 86.5. The molecule has 0 fully saturated rings. The third-order valence-corrected chi connectivity index (χ3v) is 6.94. The molecule has 0 saturated carbocycles. The van der Waals surface area contributed by atoms with Gasteiger partial charge in [-0.1, -0.05) is 0 Å². The van der Waals surface area contributed by atoms with Gasteiger partial charge in [-0.3, -0.25) is 0 Å². The second-order valence-corrected chi connectivity index (χ2v) is 11.7. The first-order valence-electron chi connectivity index (χ1n) is 4.94. The molecule has 30 heavy (non-hydrogen) atoms. The molecule has 11 N–H and O–H groups in total. The summed E-state index contributed by atoms with van der Waals surface area (Å²) in [6.07, 6.45) is 0. The molecule has 0 aliphatic carbocycles. The van der Waals surface area contributed by atoms with Gasteiger partial charge in [-0.05, 0) is 0 Å². The zero-order chi connectivity index (χ0) is 24.5. The summed E-state index contributed by atoms with van der Waals surface area (Å²) in [5.74, 6) is 0. The molecule has 0 aromatic rings. The molecule has 0 aromatic carbocycles. The van der Waals surface area contributed by atoms with Crippen LogP contribution in [0.15, 0.2) is 0 Å². The summed E-state index contributed by atoms with van der Waals surface area (Å²) < 4.78 is 80.8. The molecule has 0 radical (unpaired) electrons. The largest absolute Gasteiger partial charge is 1.00 e. The Hall–Kier alpha value is 1.75. The van der Waals surface area contributed by atoms with E-state index in [1.165, 1.54) is 0 Å². The summed E-state index contributed by atoms with van der Waals surface area (Å²) >= 11 is 0. The number of hydrogen-bond donors (Lipinski definition) is 11. The smallest absolute Gasteiger partial charge is 1.00 e. The second-order valence-electron chi connectivity index (χ2n) is 3.23. The third-order valence-electron chi connectivity index (χ3n) is 0.772. The zero-order valence-electron chi connectivity index (χ0n) is 14.5. The molecule has 178 valence electrons. The third kappa shape index (κ3) is 43.6. The molecule has 0 aromatic heterocycles. The van der Waals surface area contributed by atoms with Crippen LogP contribution in [0.3, 0.4) is 0 Å². The van der Waals surface area contributed by atoms with E-state index in [-0.39, 0.29) is 31.0 Å². The molecule has 0 bridgehead atoms. The van der Waals surface area contributed by atoms with Crippen molar-refractivity contribution in [1.82, 2.24) is 0 Å². The van der Waals surface area contributed by atoms with Gasteiger partial charge < -0.3 is 45.5 Å². The van der Waals surface area contributed by atoms with Crippen LogP contribution in [0, 0.1) is 0 Å². The normalized spacial score (nSPS) is 13.6. The second kappa shape index (κ2) is 15.6. The molecule has 2 unspecified atom stereocenters. The van der Waals surface area contributed by atoms with E-state index in [4.69, 9.17) is 53.8 Å². The maximum Gasteiger partial charge on any atom is 1.00 e. The number of phosphoric acid groups is 5. The Bertz CT molecular complexity index is 712. The Morgan fingerprint density at radius 2 is 0.733 bits per heavy atom. The Morgan fingerprint density at radius 1 is 0.533 bits per heavy atom. The minimum atomic E-state index is -5.46. The minimum absolute atomic E-state index is 0. The van der Waals surface area contributed by atoms with E-state index >= 15 is 0 Å². The van der Waals surface area contributed by atoms with Crippen LogP contribution in [0.2, 0.25) is 0 Å². The first-order chi connectivity index (χ1) is 12.2. The van der Waals surface area contributed by atoms with E-state index in [0.717, 1.165) is 0 Å². The fraction of sp³-hybridized carbons (Fsp3) is 0. The molecule has 0 rings (SSSR count). The van der Waals surface area contributed by atoms with Gasteiger partial charge in [0.1, 0.15) is 0 Å². The Balaban J connectivity index is -0.000000111. The zero-order valence-corrected chi connectivity index (χ0v) is 21.8. The molecular formula is H12NaO22P7+2. The van der Waals surface area contributed by atoms with E-state index in [2.05, 4.69) is 17.2 Å². The van der Waals surface area contributed by atoms with E-state index in [0.29, 0.717) is 0 Å². The van der Waals surface area contributed by atoms with Gasteiger partial charge in [0, 0.05) is 9.13 Å². The summed E-state index contributed by atoms with van der Waals surface area (Å²) in [6.45, 7) is 0. The summed E-state index contributed by atoms with van der Waals surface area (Å²) in [7, 11) is -32.1. The maximum absolute atomic E-state index is 10.4. The first-order valence-corrected chi connectivity index (χ1v) is 14.8. The van der Waals surface area contributed by atoms with Crippen molar-refractivity contribution in [3.8, 4) is 0 Å². The standard InChI is InChI=1S/Na.H5O10P3.H4O7P2.O5P2.H/c;1-11(2,3)9-13(7,8)10-12(4,5)6;1-8(2,3)7-9(4,5)6;1-6(2)5-7(3)4;/h;(H,7,8)(H2,1,2,3)(H2,4,5,6);(H2,1,2,3)(H2,4,5,6);;/q+1;;;;-1/p+2. The quantitative estimate of drug-likeness (QED) is 0.0926. The Morgan fingerprint density at radius 3 is 0.800 bits per heavy atom. The van der Waals surface area contributed by atoms with Gasteiger partial charge in [0.15, 0.2) is 4.31 Å². The van der Waals surface area contributed by atoms with Crippen LogP contribution in [-0.4, -0.2) is 53.8 Å². The average molecular weight is 604 g/mol. The van der Waals surface area contributed by atoms with Gasteiger partial charge in [-0.15, -0.1) is 9.79 Å². The summed E-state index contributed by atoms with van der Waals surface area (Å²) in [5, 5.41) is 0. The predicted molar refractivity (Wildman–Crippen MR) is 83.1 cm³/mol. The van der Waals surface area contributed by atoms with Crippen molar-refractivity contribution in [2.45, 2.75) is 0 Å². The van der Waals surface area contributed by atoms with Gasteiger partial charge in [0.25, 0.3) is 0 Å². The SMILES string of the molecule is O=P(O)(O)OP(=O)(O)O.O=P(O)(O)OP(=O)(O)OP(=O)(O)O.O=[P+](O)O[P+](=O)O.[H-].[Na+]. The minimum Gasteiger partial charge on any atom is -1.00 e. The number of rotatable bonds is 8. The van der Waals surface area contributed by atoms with Crippen molar-refractivity contribution in [1.29, 1.82) is 0 Å². The van der Waals surface area contributed by atoms with Crippen LogP contribution in [0.4, 0.5) is 0 Å². The van der Waals surface area contributed by atoms with Crippen molar-refractivity contribution in [3.05, 3.63) is 0 Å². The molecule has 0 aliphatic heterocycles. The molecule has 0 saturated heterocycles. The van der Waals surface area contributed by atoms with Gasteiger partial charge in [-0.2, -0.15) is 12.9 Å². The van der Waals surface area contributed by atoms with Crippen LogP contribution >= 0.6 is 55.6 Å².